The van der Waals surface area contributed by atoms with Crippen LogP contribution >= 0.6 is 11.6 Å². The van der Waals surface area contributed by atoms with E-state index in [2.05, 4.69) is 32.9 Å². The van der Waals surface area contributed by atoms with Crippen LogP contribution in [-0.2, 0) is 0 Å². The fourth-order valence-electron chi connectivity index (χ4n) is 1.34. The van der Waals surface area contributed by atoms with Crippen LogP contribution in [-0.4, -0.2) is 0 Å². The van der Waals surface area contributed by atoms with Crippen LogP contribution in [0.25, 0.3) is 0 Å². The van der Waals surface area contributed by atoms with Crippen molar-refractivity contribution in [3.05, 3.63) is 34.4 Å². The van der Waals surface area contributed by atoms with Crippen molar-refractivity contribution in [2.75, 3.05) is 0 Å². The molecule has 0 saturated carbocycles. The van der Waals surface area contributed by atoms with E-state index in [1.54, 1.807) is 0 Å². The molecule has 0 aliphatic heterocycles. The Bertz CT molecular complexity index is 256. The molecule has 0 saturated heterocycles. The monoisotopic (exact) mass is 182 g/mol. The molecule has 12 heavy (non-hydrogen) atoms. The second-order valence-corrected chi connectivity index (χ2v) is 3.91. The van der Waals surface area contributed by atoms with E-state index in [-0.39, 0.29) is 0 Å². The predicted octanol–water partition coefficient (Wildman–Crippen LogP) is 4.04. The van der Waals surface area contributed by atoms with Gasteiger partial charge in [-0.15, -0.1) is 0 Å². The summed E-state index contributed by atoms with van der Waals surface area (Å²) in [5.41, 5.74) is 2.45. The van der Waals surface area contributed by atoms with Crippen LogP contribution in [0.3, 0.4) is 0 Å². The van der Waals surface area contributed by atoms with Crippen molar-refractivity contribution in [2.45, 2.75) is 27.2 Å². The maximum atomic E-state index is 6.04. The largest absolute Gasteiger partial charge is 0.0841 e. The summed E-state index contributed by atoms with van der Waals surface area (Å²) in [6, 6.07) is 0. The predicted molar refractivity (Wildman–Crippen MR) is 55.2 cm³/mol. The number of rotatable bonds is 0. The van der Waals surface area contributed by atoms with Gasteiger partial charge in [0.05, 0.1) is 0 Å². The zero-order valence-corrected chi connectivity index (χ0v) is 8.65. The summed E-state index contributed by atoms with van der Waals surface area (Å²) < 4.78 is 0. The Morgan fingerprint density at radius 3 is 2.75 bits per heavy atom. The molecule has 0 N–H and O–H groups in total. The molecule has 0 aromatic carbocycles. The van der Waals surface area contributed by atoms with Crippen molar-refractivity contribution in [2.24, 2.45) is 5.92 Å². The SMILES string of the molecule is CC1=C/C(C)C/C=C(C)/C(Cl)=C\1. The maximum Gasteiger partial charge on any atom is 0.0434 e. The number of hydrogen-bond acceptors (Lipinski definition) is 0. The van der Waals surface area contributed by atoms with Crippen molar-refractivity contribution in [1.82, 2.24) is 0 Å². The lowest BCUT2D eigenvalue weighted by Gasteiger charge is -2.09. The highest BCUT2D eigenvalue weighted by molar-refractivity contribution is 6.32. The van der Waals surface area contributed by atoms with Gasteiger partial charge < -0.3 is 0 Å². The first-order valence-electron chi connectivity index (χ1n) is 4.32. The van der Waals surface area contributed by atoms with Gasteiger partial charge in [0.1, 0.15) is 0 Å². The summed E-state index contributed by atoms with van der Waals surface area (Å²) >= 11 is 6.04. The summed E-state index contributed by atoms with van der Waals surface area (Å²) in [6.07, 6.45) is 7.58. The Labute approximate surface area is 79.6 Å². The normalized spacial score (nSPS) is 38.0. The second kappa shape index (κ2) is 3.95. The lowest BCUT2D eigenvalue weighted by atomic mass is 9.99. The molecule has 0 bridgehead atoms. The van der Waals surface area contributed by atoms with Crippen molar-refractivity contribution in [3.63, 3.8) is 0 Å². The Morgan fingerprint density at radius 2 is 2.08 bits per heavy atom. The topological polar surface area (TPSA) is 0 Å². The summed E-state index contributed by atoms with van der Waals surface area (Å²) in [7, 11) is 0. The number of hydrogen-bond donors (Lipinski definition) is 0. The molecule has 1 aliphatic carbocycles. The van der Waals surface area contributed by atoms with Gasteiger partial charge in [0.2, 0.25) is 0 Å². The van der Waals surface area contributed by atoms with Crippen LogP contribution in [0.2, 0.25) is 0 Å². The van der Waals surface area contributed by atoms with Crippen LogP contribution in [0, 0.1) is 5.92 Å². The molecule has 0 nitrogen and oxygen atoms in total. The molecule has 0 radical (unpaired) electrons. The smallest absolute Gasteiger partial charge is 0.0434 e. The fraction of sp³-hybridized carbons (Fsp3) is 0.455. The van der Waals surface area contributed by atoms with Gasteiger partial charge in [0.25, 0.3) is 0 Å². The van der Waals surface area contributed by atoms with Crippen molar-refractivity contribution in [1.29, 1.82) is 0 Å². The first-order valence-corrected chi connectivity index (χ1v) is 4.70. The van der Waals surface area contributed by atoms with E-state index in [1.807, 2.05) is 6.08 Å². The molecular weight excluding hydrogens is 168 g/mol. The molecule has 0 fully saturated rings. The summed E-state index contributed by atoms with van der Waals surface area (Å²) in [5, 5.41) is 0.871. The van der Waals surface area contributed by atoms with E-state index in [0.29, 0.717) is 5.92 Å². The van der Waals surface area contributed by atoms with Gasteiger partial charge in [-0.25, -0.2) is 0 Å². The van der Waals surface area contributed by atoms with Crippen molar-refractivity contribution in [3.8, 4) is 0 Å². The van der Waals surface area contributed by atoms with Gasteiger partial charge in [-0.1, -0.05) is 36.2 Å². The highest BCUT2D eigenvalue weighted by atomic mass is 35.5. The van der Waals surface area contributed by atoms with Crippen molar-refractivity contribution >= 4 is 11.6 Å². The minimum Gasteiger partial charge on any atom is -0.0841 e. The lowest BCUT2D eigenvalue weighted by Crippen LogP contribution is -1.92. The minimum atomic E-state index is 0.626. The van der Waals surface area contributed by atoms with E-state index < -0.39 is 0 Å². The number of halogens is 1. The highest BCUT2D eigenvalue weighted by Gasteiger charge is 2.03. The first-order chi connectivity index (χ1) is 5.59. The first kappa shape index (κ1) is 9.60. The molecule has 1 rings (SSSR count). The average Bonchev–Trinajstić information content (AvgIpc) is 1.98. The van der Waals surface area contributed by atoms with E-state index in [0.717, 1.165) is 11.5 Å². The molecule has 1 unspecified atom stereocenters. The Hall–Kier alpha value is -0.490. The summed E-state index contributed by atoms with van der Waals surface area (Å²) in [4.78, 5) is 0. The van der Waals surface area contributed by atoms with E-state index in [4.69, 9.17) is 11.6 Å². The molecule has 0 aromatic heterocycles. The Kier molecular flexibility index (Phi) is 3.16. The molecule has 0 spiro atoms. The molecule has 0 amide bonds. The Balaban J connectivity index is 2.97. The van der Waals surface area contributed by atoms with Gasteiger partial charge in [-0.2, -0.15) is 0 Å². The third-order valence-electron chi connectivity index (χ3n) is 2.07. The van der Waals surface area contributed by atoms with E-state index >= 15 is 0 Å². The molecular formula is C11H15Cl. The molecule has 0 heterocycles. The van der Waals surface area contributed by atoms with E-state index in [1.165, 1.54) is 11.1 Å². The quantitative estimate of drug-likeness (QED) is 0.531. The zero-order valence-electron chi connectivity index (χ0n) is 7.89. The lowest BCUT2D eigenvalue weighted by molar-refractivity contribution is 0.735. The van der Waals surface area contributed by atoms with Crippen LogP contribution in [0.15, 0.2) is 34.4 Å². The molecule has 1 atom stereocenters. The third-order valence-corrected chi connectivity index (χ3v) is 2.48. The molecule has 66 valence electrons. The maximum absolute atomic E-state index is 6.04. The van der Waals surface area contributed by atoms with Crippen LogP contribution in [0.5, 0.6) is 0 Å². The van der Waals surface area contributed by atoms with Gasteiger partial charge >= 0.3 is 0 Å². The molecule has 0 aromatic rings. The van der Waals surface area contributed by atoms with Crippen LogP contribution < -0.4 is 0 Å². The summed E-state index contributed by atoms with van der Waals surface area (Å²) in [6.45, 7) is 6.38. The average molecular weight is 183 g/mol. The molecule has 1 aliphatic rings. The van der Waals surface area contributed by atoms with Crippen molar-refractivity contribution < 1.29 is 0 Å². The second-order valence-electron chi connectivity index (χ2n) is 3.50. The van der Waals surface area contributed by atoms with Crippen LogP contribution in [0.1, 0.15) is 27.2 Å². The van der Waals surface area contributed by atoms with Gasteiger partial charge in [-0.05, 0) is 37.8 Å². The molecule has 1 heteroatoms. The van der Waals surface area contributed by atoms with Gasteiger partial charge in [0, 0.05) is 5.03 Å². The zero-order chi connectivity index (χ0) is 9.14. The Morgan fingerprint density at radius 1 is 1.42 bits per heavy atom. The van der Waals surface area contributed by atoms with Crippen LogP contribution in [0.4, 0.5) is 0 Å². The standard InChI is InChI=1S/C11H15Cl/c1-8-4-5-10(3)11(12)7-9(2)6-8/h5-8H,4H2,1-3H3/b9-6-,10-5+,11-7+. The highest BCUT2D eigenvalue weighted by Crippen LogP contribution is 2.22. The van der Waals surface area contributed by atoms with E-state index in [9.17, 15) is 0 Å². The minimum absolute atomic E-state index is 0.626. The van der Waals surface area contributed by atoms with Gasteiger partial charge in [-0.3, -0.25) is 0 Å². The van der Waals surface area contributed by atoms with Gasteiger partial charge in [0.15, 0.2) is 0 Å². The summed E-state index contributed by atoms with van der Waals surface area (Å²) in [5.74, 6) is 0.626. The fourth-order valence-corrected chi connectivity index (χ4v) is 1.59. The number of allylic oxidation sites excluding steroid dienone is 6. The third kappa shape index (κ3) is 2.53.